The molecule has 2 aliphatic heterocycles. The first-order valence-electron chi connectivity index (χ1n) is 9.66. The van der Waals surface area contributed by atoms with Crippen LogP contribution in [0.5, 0.6) is 0 Å². The van der Waals surface area contributed by atoms with Crippen LogP contribution >= 0.6 is 0 Å². The molecule has 3 heterocycles. The average molecular weight is 373 g/mol. The predicted octanol–water partition coefficient (Wildman–Crippen LogP) is 3.75. The number of benzene rings is 2. The number of halogens is 1. The number of nitrogens with zero attached hydrogens (tertiary/aromatic N) is 5. The average Bonchev–Trinajstić information content (AvgIpc) is 3.16. The lowest BCUT2D eigenvalue weighted by Gasteiger charge is -2.40. The zero-order chi connectivity index (χ0) is 19.1. The number of piperidine rings is 1. The van der Waals surface area contributed by atoms with Crippen LogP contribution in [-0.2, 0) is 0 Å². The Kier molecular flexibility index (Phi) is 4.09. The third-order valence-electron chi connectivity index (χ3n) is 6.01. The monoisotopic (exact) mass is 373 g/mol. The molecule has 0 spiro atoms. The molecule has 2 aromatic carbocycles. The summed E-state index contributed by atoms with van der Waals surface area (Å²) in [6.45, 7) is 2.68. The molecule has 2 fully saturated rings. The van der Waals surface area contributed by atoms with Gasteiger partial charge in [-0.15, -0.1) is 0 Å². The highest BCUT2D eigenvalue weighted by molar-refractivity contribution is 5.75. The normalized spacial score (nSPS) is 21.6. The van der Waals surface area contributed by atoms with Crippen LogP contribution in [0.2, 0.25) is 0 Å². The van der Waals surface area contributed by atoms with Gasteiger partial charge in [0.05, 0.1) is 28.5 Å². The van der Waals surface area contributed by atoms with Crippen molar-refractivity contribution in [3.63, 3.8) is 0 Å². The van der Waals surface area contributed by atoms with Gasteiger partial charge in [-0.3, -0.25) is 4.98 Å². The Balaban J connectivity index is 1.44. The van der Waals surface area contributed by atoms with Crippen LogP contribution in [-0.4, -0.2) is 35.6 Å². The van der Waals surface area contributed by atoms with Gasteiger partial charge in [0.15, 0.2) is 0 Å². The molecule has 28 heavy (non-hydrogen) atoms. The fourth-order valence-corrected chi connectivity index (χ4v) is 4.60. The van der Waals surface area contributed by atoms with Gasteiger partial charge in [-0.1, -0.05) is 12.1 Å². The molecule has 6 heteroatoms. The smallest absolute Gasteiger partial charge is 0.147 e. The maximum absolute atomic E-state index is 13.6. The zero-order valence-corrected chi connectivity index (χ0v) is 15.4. The molecular weight excluding hydrogens is 353 g/mol. The molecule has 0 saturated carbocycles. The summed E-state index contributed by atoms with van der Waals surface area (Å²) in [4.78, 5) is 13.9. The Bertz CT molecular complexity index is 1080. The van der Waals surface area contributed by atoms with Crippen molar-refractivity contribution in [1.82, 2.24) is 9.97 Å². The lowest BCUT2D eigenvalue weighted by Crippen LogP contribution is -2.48. The quantitative estimate of drug-likeness (QED) is 0.685. The highest BCUT2D eigenvalue weighted by Gasteiger charge is 2.39. The Morgan fingerprint density at radius 2 is 1.89 bits per heavy atom. The predicted molar refractivity (Wildman–Crippen MR) is 107 cm³/mol. The first-order chi connectivity index (χ1) is 13.7. The minimum atomic E-state index is -0.368. The molecule has 5 rings (SSSR count). The summed E-state index contributed by atoms with van der Waals surface area (Å²) in [6, 6.07) is 14.9. The maximum atomic E-state index is 13.6. The van der Waals surface area contributed by atoms with E-state index in [0.29, 0.717) is 17.5 Å². The second-order valence-corrected chi connectivity index (χ2v) is 7.53. The van der Waals surface area contributed by atoms with Crippen molar-refractivity contribution >= 4 is 22.5 Å². The van der Waals surface area contributed by atoms with Crippen LogP contribution in [0, 0.1) is 23.1 Å². The summed E-state index contributed by atoms with van der Waals surface area (Å²) >= 11 is 0. The highest BCUT2D eigenvalue weighted by Crippen LogP contribution is 2.37. The molecule has 2 saturated heterocycles. The van der Waals surface area contributed by atoms with Crippen molar-refractivity contribution in [2.45, 2.75) is 18.9 Å². The SMILES string of the molecule is N#Cc1cc(F)ccc1N1CCC2CCN(c3cnc4ccccc4n3)CC21. The van der Waals surface area contributed by atoms with Crippen molar-refractivity contribution in [1.29, 1.82) is 5.26 Å². The number of anilines is 2. The molecule has 2 unspecified atom stereocenters. The Morgan fingerprint density at radius 1 is 1.07 bits per heavy atom. The van der Waals surface area contributed by atoms with E-state index in [2.05, 4.69) is 20.9 Å². The first kappa shape index (κ1) is 16.9. The summed E-state index contributed by atoms with van der Waals surface area (Å²) in [7, 11) is 0. The summed E-state index contributed by atoms with van der Waals surface area (Å²) in [5.74, 6) is 1.11. The van der Waals surface area contributed by atoms with Crippen molar-refractivity contribution in [3.05, 3.63) is 60.0 Å². The molecule has 2 aliphatic rings. The lowest BCUT2D eigenvalue weighted by molar-refractivity contribution is 0.389. The van der Waals surface area contributed by atoms with Crippen molar-refractivity contribution < 1.29 is 4.39 Å². The first-order valence-corrected chi connectivity index (χ1v) is 9.66. The lowest BCUT2D eigenvalue weighted by atomic mass is 9.92. The van der Waals surface area contributed by atoms with Gasteiger partial charge in [0, 0.05) is 25.7 Å². The van der Waals surface area contributed by atoms with Crippen LogP contribution in [0.15, 0.2) is 48.7 Å². The Morgan fingerprint density at radius 3 is 2.75 bits per heavy atom. The van der Waals surface area contributed by atoms with Crippen molar-refractivity contribution in [2.24, 2.45) is 5.92 Å². The molecule has 3 aromatic rings. The van der Waals surface area contributed by atoms with E-state index >= 15 is 0 Å². The standard InChI is InChI=1S/C22H20FN5/c23-17-5-6-20(16(11-17)12-24)28-10-8-15-7-9-27(14-21(15)28)22-13-25-18-3-1-2-4-19(18)26-22/h1-6,11,13,15,21H,7-10,14H2. The molecule has 0 radical (unpaired) electrons. The van der Waals surface area contributed by atoms with Crippen LogP contribution in [0.1, 0.15) is 18.4 Å². The number of rotatable bonds is 2. The van der Waals surface area contributed by atoms with E-state index in [1.54, 1.807) is 6.07 Å². The van der Waals surface area contributed by atoms with E-state index in [9.17, 15) is 9.65 Å². The third kappa shape index (κ3) is 2.84. The van der Waals surface area contributed by atoms with Gasteiger partial charge in [-0.25, -0.2) is 9.37 Å². The van der Waals surface area contributed by atoms with Gasteiger partial charge in [-0.05, 0) is 49.1 Å². The van der Waals surface area contributed by atoms with E-state index in [1.807, 2.05) is 30.5 Å². The summed E-state index contributed by atoms with van der Waals surface area (Å²) in [5.41, 5.74) is 3.04. The maximum Gasteiger partial charge on any atom is 0.147 e. The molecule has 0 N–H and O–H groups in total. The van der Waals surface area contributed by atoms with E-state index in [4.69, 9.17) is 4.98 Å². The van der Waals surface area contributed by atoms with Crippen LogP contribution < -0.4 is 9.80 Å². The van der Waals surface area contributed by atoms with E-state index in [0.717, 1.165) is 55.0 Å². The van der Waals surface area contributed by atoms with Gasteiger partial charge in [0.25, 0.3) is 0 Å². The number of fused-ring (bicyclic) bond motifs is 2. The number of hydrogen-bond acceptors (Lipinski definition) is 5. The van der Waals surface area contributed by atoms with Crippen molar-refractivity contribution in [3.8, 4) is 6.07 Å². The Labute approximate surface area is 163 Å². The van der Waals surface area contributed by atoms with E-state index in [-0.39, 0.29) is 5.82 Å². The van der Waals surface area contributed by atoms with Crippen LogP contribution in [0.3, 0.4) is 0 Å². The van der Waals surface area contributed by atoms with Crippen LogP contribution in [0.25, 0.3) is 11.0 Å². The highest BCUT2D eigenvalue weighted by atomic mass is 19.1. The fourth-order valence-electron chi connectivity index (χ4n) is 4.60. The Hall–Kier alpha value is -3.20. The van der Waals surface area contributed by atoms with Gasteiger partial charge < -0.3 is 9.80 Å². The molecule has 1 aromatic heterocycles. The number of nitriles is 1. The molecule has 5 nitrogen and oxygen atoms in total. The number of aromatic nitrogens is 2. The minimum absolute atomic E-state index is 0.291. The van der Waals surface area contributed by atoms with E-state index in [1.165, 1.54) is 12.1 Å². The van der Waals surface area contributed by atoms with Crippen molar-refractivity contribution in [2.75, 3.05) is 29.4 Å². The summed E-state index contributed by atoms with van der Waals surface area (Å²) < 4.78 is 13.6. The summed E-state index contributed by atoms with van der Waals surface area (Å²) in [5, 5.41) is 9.46. The largest absolute Gasteiger partial charge is 0.365 e. The third-order valence-corrected chi connectivity index (χ3v) is 6.01. The fraction of sp³-hybridized carbons (Fsp3) is 0.318. The van der Waals surface area contributed by atoms with Gasteiger partial charge in [-0.2, -0.15) is 5.26 Å². The number of para-hydroxylation sites is 2. The second-order valence-electron chi connectivity index (χ2n) is 7.53. The van der Waals surface area contributed by atoms with Crippen LogP contribution in [0.4, 0.5) is 15.9 Å². The molecule has 0 amide bonds. The molecule has 140 valence electrons. The molecule has 0 aliphatic carbocycles. The molecule has 2 atom stereocenters. The van der Waals surface area contributed by atoms with Gasteiger partial charge >= 0.3 is 0 Å². The molecular formula is C22H20FN5. The topological polar surface area (TPSA) is 56.1 Å². The second kappa shape index (κ2) is 6.75. The van der Waals surface area contributed by atoms with E-state index < -0.39 is 0 Å². The number of hydrogen-bond donors (Lipinski definition) is 0. The summed E-state index contributed by atoms with van der Waals surface area (Å²) in [6.07, 6.45) is 4.03. The zero-order valence-electron chi connectivity index (χ0n) is 15.4. The molecule has 0 bridgehead atoms. The minimum Gasteiger partial charge on any atom is -0.365 e. The van der Waals surface area contributed by atoms with Gasteiger partial charge in [0.1, 0.15) is 17.7 Å². The van der Waals surface area contributed by atoms with Gasteiger partial charge in [0.2, 0.25) is 0 Å².